The Balaban J connectivity index is 0.000000162. The average Bonchev–Trinajstić information content (AvgIpc) is 2.73. The number of nitrogens with two attached hydrogens (primary N) is 1. The van der Waals surface area contributed by atoms with Gasteiger partial charge in [-0.2, -0.15) is 0 Å². The second kappa shape index (κ2) is 6.69. The van der Waals surface area contributed by atoms with Crippen LogP contribution >= 0.6 is 0 Å². The van der Waals surface area contributed by atoms with Crippen LogP contribution in [0.1, 0.15) is 25.7 Å². The van der Waals surface area contributed by atoms with Gasteiger partial charge >= 0.3 is 6.09 Å². The largest absolute Gasteiger partial charge is 0.446 e. The number of carbonyl (C=O) groups is 1. The van der Waals surface area contributed by atoms with Gasteiger partial charge in [-0.05, 0) is 37.0 Å². The normalized spacial score (nSPS) is 15.2. The van der Waals surface area contributed by atoms with Crippen molar-refractivity contribution < 1.29 is 9.53 Å². The van der Waals surface area contributed by atoms with Gasteiger partial charge in [0.15, 0.2) is 0 Å². The van der Waals surface area contributed by atoms with Crippen LogP contribution in [0.2, 0.25) is 0 Å². The van der Waals surface area contributed by atoms with Gasteiger partial charge in [-0.3, -0.25) is 0 Å². The maximum absolute atomic E-state index is 10.2. The van der Waals surface area contributed by atoms with Crippen LogP contribution in [-0.4, -0.2) is 27.6 Å². The van der Waals surface area contributed by atoms with Gasteiger partial charge in [0, 0.05) is 0 Å². The van der Waals surface area contributed by atoms with Crippen molar-refractivity contribution in [1.82, 2.24) is 15.4 Å². The Hall–Kier alpha value is -1.72. The average molecular weight is 210 g/mol. The predicted molar refractivity (Wildman–Crippen MR) is 52.8 cm³/mol. The van der Waals surface area contributed by atoms with Crippen molar-refractivity contribution in [3.63, 3.8) is 0 Å². The lowest BCUT2D eigenvalue weighted by molar-refractivity contribution is 0.110. The summed E-state index contributed by atoms with van der Waals surface area (Å²) in [7, 11) is 0. The van der Waals surface area contributed by atoms with Crippen LogP contribution in [0.25, 0.3) is 0 Å². The summed E-state index contributed by atoms with van der Waals surface area (Å²) in [6, 6.07) is 1.72. The Morgan fingerprint density at radius 2 is 1.87 bits per heavy atom. The van der Waals surface area contributed by atoms with E-state index in [1.54, 1.807) is 18.5 Å². The van der Waals surface area contributed by atoms with Crippen molar-refractivity contribution in [2.45, 2.75) is 31.8 Å². The molecule has 1 aliphatic rings. The Kier molecular flexibility index (Phi) is 5.07. The first-order chi connectivity index (χ1) is 7.29. The van der Waals surface area contributed by atoms with Gasteiger partial charge in [0.05, 0.1) is 12.4 Å². The molecule has 1 amide bonds. The molecule has 0 aromatic carbocycles. The Labute approximate surface area is 87.8 Å². The number of primary amides is 1. The van der Waals surface area contributed by atoms with E-state index in [2.05, 4.69) is 15.4 Å². The fourth-order valence-corrected chi connectivity index (χ4v) is 1.38. The van der Waals surface area contributed by atoms with Crippen LogP contribution in [0.15, 0.2) is 18.5 Å². The summed E-state index contributed by atoms with van der Waals surface area (Å²) < 4.78 is 4.75. The van der Waals surface area contributed by atoms with Gasteiger partial charge in [-0.15, -0.1) is 10.2 Å². The number of carbonyl (C=O) groups excluding carboxylic acids is 1. The first-order valence-electron chi connectivity index (χ1n) is 4.83. The molecule has 0 saturated heterocycles. The van der Waals surface area contributed by atoms with E-state index in [0.717, 1.165) is 25.7 Å². The van der Waals surface area contributed by atoms with Gasteiger partial charge in [-0.25, -0.2) is 4.79 Å². The molecule has 1 saturated carbocycles. The van der Waals surface area contributed by atoms with Gasteiger partial charge in [0.1, 0.15) is 6.10 Å². The number of hydrogen-bond acceptors (Lipinski definition) is 5. The molecule has 6 nitrogen and oxygen atoms in total. The van der Waals surface area contributed by atoms with E-state index in [1.807, 2.05) is 0 Å². The van der Waals surface area contributed by atoms with Crippen molar-refractivity contribution in [1.29, 1.82) is 0 Å². The molecule has 0 aliphatic heterocycles. The highest BCUT2D eigenvalue weighted by molar-refractivity contribution is 5.64. The van der Waals surface area contributed by atoms with Gasteiger partial charge < -0.3 is 10.5 Å². The molecule has 0 unspecified atom stereocenters. The number of nitrogens with zero attached hydrogens (tertiary/aromatic N) is 3. The molecule has 1 aliphatic carbocycles. The molecular formula is C9H14N4O2. The monoisotopic (exact) mass is 210 g/mol. The van der Waals surface area contributed by atoms with E-state index in [1.165, 1.54) is 0 Å². The quantitative estimate of drug-likeness (QED) is 0.743. The fourth-order valence-electron chi connectivity index (χ4n) is 1.38. The summed E-state index contributed by atoms with van der Waals surface area (Å²) >= 11 is 0. The summed E-state index contributed by atoms with van der Waals surface area (Å²) in [5.41, 5.74) is 4.81. The third-order valence-electron chi connectivity index (χ3n) is 1.99. The number of rotatable bonds is 1. The van der Waals surface area contributed by atoms with Crippen LogP contribution in [0, 0.1) is 0 Å². The van der Waals surface area contributed by atoms with Crippen LogP contribution < -0.4 is 5.73 Å². The number of hydrogen-bond donors (Lipinski definition) is 1. The molecule has 1 fully saturated rings. The highest BCUT2D eigenvalue weighted by atomic mass is 16.6. The van der Waals surface area contributed by atoms with Gasteiger partial charge in [-0.1, -0.05) is 0 Å². The minimum atomic E-state index is -0.637. The minimum Gasteiger partial charge on any atom is -0.446 e. The molecular weight excluding hydrogens is 196 g/mol. The Morgan fingerprint density at radius 1 is 1.27 bits per heavy atom. The van der Waals surface area contributed by atoms with Crippen LogP contribution in [0.4, 0.5) is 4.79 Å². The maximum Gasteiger partial charge on any atom is 0.404 e. The molecule has 2 N–H and O–H groups in total. The molecule has 2 rings (SSSR count). The number of amides is 1. The topological polar surface area (TPSA) is 91.0 Å². The van der Waals surface area contributed by atoms with E-state index >= 15 is 0 Å². The standard InChI is InChI=1S/C6H11NO2.C3H3N3/c7-6(8)9-5-3-1-2-4-5;1-2-4-6-5-3-1/h5H,1-4H2,(H2,7,8);1-3H. The van der Waals surface area contributed by atoms with Crippen molar-refractivity contribution in [3.05, 3.63) is 18.5 Å². The summed E-state index contributed by atoms with van der Waals surface area (Å²) in [6.07, 6.45) is 6.94. The molecule has 6 heteroatoms. The van der Waals surface area contributed by atoms with E-state index < -0.39 is 6.09 Å². The molecule has 0 bridgehead atoms. The van der Waals surface area contributed by atoms with Crippen molar-refractivity contribution in [2.24, 2.45) is 5.73 Å². The molecule has 0 radical (unpaired) electrons. The highest BCUT2D eigenvalue weighted by Gasteiger charge is 2.17. The SMILES string of the molecule is NC(=O)OC1CCCC1.c1cnnnc1. The van der Waals surface area contributed by atoms with E-state index in [9.17, 15) is 4.79 Å². The van der Waals surface area contributed by atoms with Crippen LogP contribution in [-0.2, 0) is 4.74 Å². The molecule has 1 heterocycles. The molecule has 0 spiro atoms. The zero-order valence-corrected chi connectivity index (χ0v) is 8.37. The summed E-state index contributed by atoms with van der Waals surface area (Å²) in [5, 5.41) is 10.1. The molecule has 1 aromatic rings. The second-order valence-corrected chi connectivity index (χ2v) is 3.15. The number of ether oxygens (including phenoxy) is 1. The lowest BCUT2D eigenvalue weighted by Gasteiger charge is -2.06. The first kappa shape index (κ1) is 11.4. The fraction of sp³-hybridized carbons (Fsp3) is 0.556. The smallest absolute Gasteiger partial charge is 0.404 e. The van der Waals surface area contributed by atoms with Crippen molar-refractivity contribution in [3.8, 4) is 0 Å². The van der Waals surface area contributed by atoms with E-state index in [-0.39, 0.29) is 6.10 Å². The summed E-state index contributed by atoms with van der Waals surface area (Å²) in [6.45, 7) is 0. The molecule has 0 atom stereocenters. The molecule has 15 heavy (non-hydrogen) atoms. The number of aromatic nitrogens is 3. The predicted octanol–water partition coefficient (Wildman–Crippen LogP) is 0.896. The Bertz CT molecular complexity index is 248. The van der Waals surface area contributed by atoms with Crippen molar-refractivity contribution in [2.75, 3.05) is 0 Å². The Morgan fingerprint density at radius 3 is 2.20 bits per heavy atom. The molecule has 82 valence electrons. The molecule has 1 aromatic heterocycles. The summed E-state index contributed by atoms with van der Waals surface area (Å²) in [5.74, 6) is 0. The zero-order valence-electron chi connectivity index (χ0n) is 8.37. The second-order valence-electron chi connectivity index (χ2n) is 3.15. The van der Waals surface area contributed by atoms with Crippen LogP contribution in [0.3, 0.4) is 0 Å². The lowest BCUT2D eigenvalue weighted by Crippen LogP contribution is -2.19. The first-order valence-corrected chi connectivity index (χ1v) is 4.83. The van der Waals surface area contributed by atoms with Gasteiger partial charge in [0.2, 0.25) is 0 Å². The highest BCUT2D eigenvalue weighted by Crippen LogP contribution is 2.20. The van der Waals surface area contributed by atoms with Crippen LogP contribution in [0.5, 0.6) is 0 Å². The maximum atomic E-state index is 10.2. The van der Waals surface area contributed by atoms with E-state index in [0.29, 0.717) is 0 Å². The third-order valence-corrected chi connectivity index (χ3v) is 1.99. The minimum absolute atomic E-state index is 0.113. The van der Waals surface area contributed by atoms with E-state index in [4.69, 9.17) is 10.5 Å². The third kappa shape index (κ3) is 5.56. The lowest BCUT2D eigenvalue weighted by atomic mass is 10.3. The van der Waals surface area contributed by atoms with Gasteiger partial charge in [0.25, 0.3) is 0 Å². The van der Waals surface area contributed by atoms with Crippen molar-refractivity contribution >= 4 is 6.09 Å². The summed E-state index contributed by atoms with van der Waals surface area (Å²) in [4.78, 5) is 10.2. The zero-order chi connectivity index (χ0) is 10.9.